The summed E-state index contributed by atoms with van der Waals surface area (Å²) in [7, 11) is -3.05. The van der Waals surface area contributed by atoms with E-state index in [4.69, 9.17) is 10.5 Å². The van der Waals surface area contributed by atoms with E-state index in [1.807, 2.05) is 6.92 Å². The number of carbonyl (C=O) groups excluding carboxylic acids is 2. The van der Waals surface area contributed by atoms with Crippen LogP contribution in [-0.4, -0.2) is 44.4 Å². The van der Waals surface area contributed by atoms with Crippen LogP contribution >= 0.6 is 0 Å². The summed E-state index contributed by atoms with van der Waals surface area (Å²) < 4.78 is 28.0. The molecule has 1 aromatic carbocycles. The zero-order valence-electron chi connectivity index (χ0n) is 12.2. The Morgan fingerprint density at radius 3 is 2.73 bits per heavy atom. The van der Waals surface area contributed by atoms with Gasteiger partial charge in [-0.05, 0) is 31.0 Å². The predicted molar refractivity (Wildman–Crippen MR) is 80.4 cm³/mol. The Morgan fingerprint density at radius 1 is 1.41 bits per heavy atom. The van der Waals surface area contributed by atoms with Gasteiger partial charge in [-0.1, -0.05) is 6.07 Å². The van der Waals surface area contributed by atoms with E-state index in [0.29, 0.717) is 6.42 Å². The Kier molecular flexibility index (Phi) is 4.70. The molecule has 0 radical (unpaired) electrons. The van der Waals surface area contributed by atoms with Crippen LogP contribution in [0.15, 0.2) is 18.2 Å². The molecule has 7 nitrogen and oxygen atoms in total. The number of benzene rings is 1. The number of nitrogens with one attached hydrogen (secondary N) is 1. The summed E-state index contributed by atoms with van der Waals surface area (Å²) in [6.45, 7) is 1.52. The Bertz CT molecular complexity index is 699. The van der Waals surface area contributed by atoms with Crippen LogP contribution < -0.4 is 15.8 Å². The molecule has 2 amide bonds. The van der Waals surface area contributed by atoms with Gasteiger partial charge in [0.2, 0.25) is 0 Å². The van der Waals surface area contributed by atoms with Crippen LogP contribution in [0.1, 0.15) is 22.3 Å². The van der Waals surface area contributed by atoms with Crippen LogP contribution in [0.2, 0.25) is 0 Å². The van der Waals surface area contributed by atoms with E-state index in [-0.39, 0.29) is 35.5 Å². The zero-order valence-corrected chi connectivity index (χ0v) is 13.0. The van der Waals surface area contributed by atoms with Gasteiger partial charge in [0, 0.05) is 6.04 Å². The molecule has 1 saturated heterocycles. The van der Waals surface area contributed by atoms with E-state index in [1.54, 1.807) is 12.1 Å². The first-order valence-electron chi connectivity index (χ1n) is 6.80. The molecular formula is C14H18N2O5S. The highest BCUT2D eigenvalue weighted by molar-refractivity contribution is 7.91. The van der Waals surface area contributed by atoms with Crippen LogP contribution in [0, 0.1) is 6.92 Å². The Balaban J connectivity index is 1.94. The van der Waals surface area contributed by atoms with Crippen molar-refractivity contribution in [2.75, 3.05) is 18.1 Å². The van der Waals surface area contributed by atoms with Crippen LogP contribution in [0.25, 0.3) is 0 Å². The van der Waals surface area contributed by atoms with Gasteiger partial charge < -0.3 is 15.8 Å². The molecule has 0 aromatic heterocycles. The Morgan fingerprint density at radius 2 is 2.14 bits per heavy atom. The van der Waals surface area contributed by atoms with E-state index in [9.17, 15) is 18.0 Å². The number of aryl methyl sites for hydroxylation is 1. The quantitative estimate of drug-likeness (QED) is 0.776. The van der Waals surface area contributed by atoms with Gasteiger partial charge in [-0.3, -0.25) is 9.59 Å². The fourth-order valence-corrected chi connectivity index (χ4v) is 3.95. The van der Waals surface area contributed by atoms with Crippen molar-refractivity contribution in [2.24, 2.45) is 5.73 Å². The zero-order chi connectivity index (χ0) is 16.3. The monoisotopic (exact) mass is 326 g/mol. The molecule has 1 aliphatic heterocycles. The number of hydrogen-bond acceptors (Lipinski definition) is 5. The lowest BCUT2D eigenvalue weighted by Crippen LogP contribution is -2.38. The van der Waals surface area contributed by atoms with E-state index in [2.05, 4.69) is 5.32 Å². The molecule has 0 bridgehead atoms. The number of carbonyl (C=O) groups is 2. The third-order valence-corrected chi connectivity index (χ3v) is 5.13. The second-order valence-corrected chi connectivity index (χ2v) is 7.55. The van der Waals surface area contributed by atoms with Gasteiger partial charge in [-0.15, -0.1) is 0 Å². The van der Waals surface area contributed by atoms with E-state index in [0.717, 1.165) is 5.56 Å². The van der Waals surface area contributed by atoms with Gasteiger partial charge in [0.05, 0.1) is 17.1 Å². The molecule has 1 aliphatic rings. The molecule has 0 saturated carbocycles. The molecular weight excluding hydrogens is 308 g/mol. The lowest BCUT2D eigenvalue weighted by molar-refractivity contribution is -0.123. The van der Waals surface area contributed by atoms with Crippen molar-refractivity contribution in [1.29, 1.82) is 0 Å². The summed E-state index contributed by atoms with van der Waals surface area (Å²) in [6.07, 6.45) is 0.408. The molecule has 3 N–H and O–H groups in total. The number of hydrogen-bond donors (Lipinski definition) is 2. The number of rotatable bonds is 5. The maximum atomic E-state index is 11.8. The Hall–Kier alpha value is -2.09. The lowest BCUT2D eigenvalue weighted by atomic mass is 10.1. The Labute approximate surface area is 128 Å². The average Bonchev–Trinajstić information content (AvgIpc) is 2.75. The number of nitrogens with two attached hydrogens (primary N) is 1. The van der Waals surface area contributed by atoms with Gasteiger partial charge in [-0.25, -0.2) is 8.42 Å². The van der Waals surface area contributed by atoms with Crippen molar-refractivity contribution in [2.45, 2.75) is 19.4 Å². The lowest BCUT2D eigenvalue weighted by Gasteiger charge is -2.13. The van der Waals surface area contributed by atoms with Crippen molar-refractivity contribution >= 4 is 21.7 Å². The maximum Gasteiger partial charge on any atom is 0.258 e. The first-order valence-corrected chi connectivity index (χ1v) is 8.62. The van der Waals surface area contributed by atoms with E-state index < -0.39 is 21.7 Å². The van der Waals surface area contributed by atoms with Crippen molar-refractivity contribution in [1.82, 2.24) is 5.32 Å². The normalized spacial score (nSPS) is 19.6. The van der Waals surface area contributed by atoms with Crippen molar-refractivity contribution in [3.63, 3.8) is 0 Å². The summed E-state index contributed by atoms with van der Waals surface area (Å²) in [5, 5.41) is 2.61. The standard InChI is InChI=1S/C14H18N2O5S/c1-9-2-3-11(14(15)18)12(6-9)21-7-13(17)16-10-4-5-22(19,20)8-10/h2-3,6,10H,4-5,7-8H2,1H3,(H2,15,18)(H,16,17). The van der Waals surface area contributed by atoms with Crippen LogP contribution in [0.4, 0.5) is 0 Å². The van der Waals surface area contributed by atoms with Crippen molar-refractivity contribution in [3.8, 4) is 5.75 Å². The molecule has 8 heteroatoms. The van der Waals surface area contributed by atoms with Crippen LogP contribution in [0.3, 0.4) is 0 Å². The van der Waals surface area contributed by atoms with Gasteiger partial charge in [0.25, 0.3) is 11.8 Å². The summed E-state index contributed by atoms with van der Waals surface area (Å²) in [5.74, 6) is -0.795. The first kappa shape index (κ1) is 16.3. The van der Waals surface area contributed by atoms with E-state index >= 15 is 0 Å². The topological polar surface area (TPSA) is 116 Å². The highest BCUT2D eigenvalue weighted by Gasteiger charge is 2.28. The molecule has 1 aromatic rings. The number of ether oxygens (including phenoxy) is 1. The smallest absolute Gasteiger partial charge is 0.258 e. The minimum Gasteiger partial charge on any atom is -0.483 e. The largest absolute Gasteiger partial charge is 0.483 e. The summed E-state index contributed by atoms with van der Waals surface area (Å²) in [4.78, 5) is 23.1. The molecule has 1 fully saturated rings. The highest BCUT2D eigenvalue weighted by atomic mass is 32.2. The summed E-state index contributed by atoms with van der Waals surface area (Å²) in [6, 6.07) is 4.49. The van der Waals surface area contributed by atoms with Gasteiger partial charge in [0.15, 0.2) is 16.4 Å². The fourth-order valence-electron chi connectivity index (χ4n) is 2.27. The highest BCUT2D eigenvalue weighted by Crippen LogP contribution is 2.20. The summed E-state index contributed by atoms with van der Waals surface area (Å²) in [5.41, 5.74) is 6.31. The number of amides is 2. The molecule has 22 heavy (non-hydrogen) atoms. The van der Waals surface area contributed by atoms with E-state index in [1.165, 1.54) is 6.07 Å². The van der Waals surface area contributed by atoms with Gasteiger partial charge in [-0.2, -0.15) is 0 Å². The number of primary amides is 1. The molecule has 1 unspecified atom stereocenters. The average molecular weight is 326 g/mol. The van der Waals surface area contributed by atoms with Crippen molar-refractivity contribution < 1.29 is 22.7 Å². The molecule has 1 atom stereocenters. The number of sulfone groups is 1. The molecule has 1 heterocycles. The second-order valence-electron chi connectivity index (χ2n) is 5.32. The summed E-state index contributed by atoms with van der Waals surface area (Å²) >= 11 is 0. The SMILES string of the molecule is Cc1ccc(C(N)=O)c(OCC(=O)NC2CCS(=O)(=O)C2)c1. The second kappa shape index (κ2) is 6.35. The van der Waals surface area contributed by atoms with Crippen LogP contribution in [-0.2, 0) is 14.6 Å². The third kappa shape index (κ3) is 4.20. The molecule has 0 spiro atoms. The van der Waals surface area contributed by atoms with Gasteiger partial charge >= 0.3 is 0 Å². The molecule has 120 valence electrons. The minimum atomic E-state index is -3.05. The van der Waals surface area contributed by atoms with Crippen LogP contribution in [0.5, 0.6) is 5.75 Å². The van der Waals surface area contributed by atoms with Gasteiger partial charge in [0.1, 0.15) is 5.75 Å². The molecule has 2 rings (SSSR count). The van der Waals surface area contributed by atoms with Crippen molar-refractivity contribution in [3.05, 3.63) is 29.3 Å². The third-order valence-electron chi connectivity index (χ3n) is 3.36. The minimum absolute atomic E-state index is 0.0459. The predicted octanol–water partition coefficient (Wildman–Crippen LogP) is -0.224. The molecule has 0 aliphatic carbocycles. The maximum absolute atomic E-state index is 11.8. The fraction of sp³-hybridized carbons (Fsp3) is 0.429. The first-order chi connectivity index (χ1) is 10.3.